The third kappa shape index (κ3) is 2.74. The molecule has 1 aliphatic heterocycles. The van der Waals surface area contributed by atoms with E-state index >= 15 is 0 Å². The molecule has 3 rings (SSSR count). The van der Waals surface area contributed by atoms with E-state index in [0.717, 1.165) is 18.7 Å². The minimum absolute atomic E-state index is 0.568. The maximum atomic E-state index is 6.00. The Bertz CT molecular complexity index is 576. The van der Waals surface area contributed by atoms with E-state index in [1.165, 1.54) is 24.9 Å². The lowest BCUT2D eigenvalue weighted by molar-refractivity contribution is 0.198. The summed E-state index contributed by atoms with van der Waals surface area (Å²) >= 11 is 1.91. The molecule has 0 spiro atoms. The number of hydrogen-bond acceptors (Lipinski definition) is 3. The summed E-state index contributed by atoms with van der Waals surface area (Å²) < 4.78 is 0. The lowest BCUT2D eigenvalue weighted by Crippen LogP contribution is -2.34. The normalized spacial score (nSPS) is 18.9. The molecule has 0 aliphatic carbocycles. The number of aryl methyl sites for hydroxylation is 1. The Kier molecular flexibility index (Phi) is 4.08. The first-order chi connectivity index (χ1) is 9.75. The molecule has 0 radical (unpaired) electrons. The summed E-state index contributed by atoms with van der Waals surface area (Å²) in [6.45, 7) is 4.69. The van der Waals surface area contributed by atoms with Gasteiger partial charge in [-0.2, -0.15) is 0 Å². The second-order valence-electron chi connectivity index (χ2n) is 5.56. The van der Waals surface area contributed by atoms with Gasteiger partial charge in [0.05, 0.1) is 0 Å². The maximum Gasteiger partial charge on any atom is 0.0346 e. The zero-order valence-corrected chi connectivity index (χ0v) is 12.8. The van der Waals surface area contributed by atoms with Crippen LogP contribution in [0.5, 0.6) is 0 Å². The summed E-state index contributed by atoms with van der Waals surface area (Å²) in [4.78, 5) is 4.19. The van der Waals surface area contributed by atoms with E-state index < -0.39 is 0 Å². The Labute approximate surface area is 125 Å². The number of fused-ring (bicyclic) bond motifs is 1. The van der Waals surface area contributed by atoms with Gasteiger partial charge < -0.3 is 5.73 Å². The topological polar surface area (TPSA) is 29.3 Å². The van der Waals surface area contributed by atoms with Gasteiger partial charge in [0, 0.05) is 23.2 Å². The molecule has 0 bridgehead atoms. The molecule has 1 aromatic carbocycles. The summed E-state index contributed by atoms with van der Waals surface area (Å²) in [7, 11) is 0. The van der Waals surface area contributed by atoms with E-state index in [2.05, 4.69) is 35.4 Å². The monoisotopic (exact) mass is 286 g/mol. The van der Waals surface area contributed by atoms with Crippen molar-refractivity contribution in [3.8, 4) is 0 Å². The molecule has 106 valence electrons. The van der Waals surface area contributed by atoms with Crippen LogP contribution < -0.4 is 5.73 Å². The van der Waals surface area contributed by atoms with Gasteiger partial charge in [-0.1, -0.05) is 18.2 Å². The van der Waals surface area contributed by atoms with Crippen LogP contribution in [-0.4, -0.2) is 18.0 Å². The molecule has 0 saturated heterocycles. The number of thiophene rings is 1. The summed E-state index contributed by atoms with van der Waals surface area (Å²) in [5.74, 6) is 0. The van der Waals surface area contributed by atoms with Gasteiger partial charge in [-0.15, -0.1) is 11.3 Å². The first-order valence-electron chi connectivity index (χ1n) is 7.39. The van der Waals surface area contributed by atoms with Crippen molar-refractivity contribution in [1.82, 2.24) is 4.90 Å². The molecule has 1 aliphatic rings. The van der Waals surface area contributed by atoms with Crippen molar-refractivity contribution >= 4 is 17.0 Å². The highest BCUT2D eigenvalue weighted by atomic mass is 32.1. The zero-order valence-electron chi connectivity index (χ0n) is 12.0. The Hall–Kier alpha value is -1.32. The number of anilines is 1. The lowest BCUT2D eigenvalue weighted by Gasteiger charge is -2.33. The fourth-order valence-corrected chi connectivity index (χ4v) is 4.06. The maximum absolute atomic E-state index is 6.00. The number of rotatable bonds is 4. The van der Waals surface area contributed by atoms with Crippen LogP contribution in [0.4, 0.5) is 5.69 Å². The second kappa shape index (κ2) is 5.98. The first kappa shape index (κ1) is 13.7. The number of nitrogens with zero attached hydrogens (tertiary/aromatic N) is 1. The Morgan fingerprint density at radius 2 is 2.15 bits per heavy atom. The van der Waals surface area contributed by atoms with Crippen molar-refractivity contribution in [3.63, 3.8) is 0 Å². The van der Waals surface area contributed by atoms with Gasteiger partial charge in [-0.25, -0.2) is 0 Å². The van der Waals surface area contributed by atoms with Gasteiger partial charge in [0.15, 0.2) is 0 Å². The largest absolute Gasteiger partial charge is 0.399 e. The number of para-hydroxylation sites is 1. The quantitative estimate of drug-likeness (QED) is 0.864. The van der Waals surface area contributed by atoms with Gasteiger partial charge >= 0.3 is 0 Å². The molecule has 20 heavy (non-hydrogen) atoms. The van der Waals surface area contributed by atoms with Crippen molar-refractivity contribution in [2.75, 3.05) is 18.8 Å². The van der Waals surface area contributed by atoms with E-state index in [4.69, 9.17) is 5.73 Å². The van der Waals surface area contributed by atoms with Gasteiger partial charge in [0.2, 0.25) is 0 Å². The van der Waals surface area contributed by atoms with E-state index in [1.807, 2.05) is 23.5 Å². The molecule has 2 nitrogen and oxygen atoms in total. The van der Waals surface area contributed by atoms with Crippen LogP contribution in [-0.2, 0) is 12.8 Å². The highest BCUT2D eigenvalue weighted by Gasteiger charge is 2.23. The number of benzene rings is 1. The van der Waals surface area contributed by atoms with Gasteiger partial charge in [0.1, 0.15) is 0 Å². The van der Waals surface area contributed by atoms with Crippen molar-refractivity contribution in [3.05, 3.63) is 51.7 Å². The van der Waals surface area contributed by atoms with Crippen LogP contribution >= 0.6 is 11.3 Å². The van der Waals surface area contributed by atoms with Crippen LogP contribution in [0, 0.1) is 0 Å². The van der Waals surface area contributed by atoms with Gasteiger partial charge in [-0.05, 0) is 61.4 Å². The third-order valence-electron chi connectivity index (χ3n) is 4.35. The Morgan fingerprint density at radius 1 is 1.30 bits per heavy atom. The lowest BCUT2D eigenvalue weighted by atomic mass is 10.0. The third-order valence-corrected chi connectivity index (χ3v) is 5.35. The Morgan fingerprint density at radius 3 is 3.00 bits per heavy atom. The molecule has 1 unspecified atom stereocenters. The van der Waals surface area contributed by atoms with Gasteiger partial charge in [0.25, 0.3) is 0 Å². The van der Waals surface area contributed by atoms with E-state index in [-0.39, 0.29) is 0 Å². The zero-order chi connectivity index (χ0) is 13.9. The van der Waals surface area contributed by atoms with Crippen LogP contribution in [0.3, 0.4) is 0 Å². The van der Waals surface area contributed by atoms with Crippen molar-refractivity contribution in [2.45, 2.75) is 32.2 Å². The number of nitrogens with two attached hydrogens (primary N) is 1. The predicted octanol–water partition coefficient (Wildman–Crippen LogP) is 3.88. The second-order valence-corrected chi connectivity index (χ2v) is 6.56. The van der Waals surface area contributed by atoms with E-state index in [1.54, 1.807) is 10.4 Å². The fourth-order valence-electron chi connectivity index (χ4n) is 3.10. The number of hydrogen-bond donors (Lipinski definition) is 1. The van der Waals surface area contributed by atoms with Crippen LogP contribution in [0.1, 0.15) is 35.4 Å². The van der Waals surface area contributed by atoms with Crippen molar-refractivity contribution < 1.29 is 0 Å². The molecule has 0 fully saturated rings. The molecule has 0 amide bonds. The standard InChI is InChI=1S/C17H22N2S/c1-13-15-9-12-20-17(15)8-11-19(13)10-4-6-14-5-2-3-7-16(14)18/h2-3,5,7,9,12-13H,4,6,8,10-11,18H2,1H3. The average Bonchev–Trinajstić information content (AvgIpc) is 2.93. The summed E-state index contributed by atoms with van der Waals surface area (Å²) in [5.41, 5.74) is 9.76. The number of nitrogen functional groups attached to an aromatic ring is 1. The smallest absolute Gasteiger partial charge is 0.0346 e. The SMILES string of the molecule is CC1c2ccsc2CCN1CCCc1ccccc1N. The molecule has 3 heteroatoms. The Balaban J connectivity index is 1.56. The van der Waals surface area contributed by atoms with Crippen molar-refractivity contribution in [1.29, 1.82) is 0 Å². The van der Waals surface area contributed by atoms with Crippen molar-refractivity contribution in [2.24, 2.45) is 0 Å². The van der Waals surface area contributed by atoms with Crippen LogP contribution in [0.2, 0.25) is 0 Å². The summed E-state index contributed by atoms with van der Waals surface area (Å²) in [6, 6.07) is 11.1. The molecule has 0 saturated carbocycles. The minimum atomic E-state index is 0.568. The first-order valence-corrected chi connectivity index (χ1v) is 8.27. The molecular formula is C17H22N2S. The summed E-state index contributed by atoms with van der Waals surface area (Å²) in [5, 5.41) is 2.23. The molecule has 1 aromatic heterocycles. The molecule has 2 aromatic rings. The highest BCUT2D eigenvalue weighted by Crippen LogP contribution is 2.32. The van der Waals surface area contributed by atoms with Gasteiger partial charge in [-0.3, -0.25) is 4.90 Å². The fraction of sp³-hybridized carbons (Fsp3) is 0.412. The van der Waals surface area contributed by atoms with Crippen LogP contribution in [0.15, 0.2) is 35.7 Å². The predicted molar refractivity (Wildman–Crippen MR) is 87.2 cm³/mol. The molecule has 1 atom stereocenters. The molecule has 2 heterocycles. The molecular weight excluding hydrogens is 264 g/mol. The minimum Gasteiger partial charge on any atom is -0.399 e. The van der Waals surface area contributed by atoms with E-state index in [9.17, 15) is 0 Å². The summed E-state index contributed by atoms with van der Waals surface area (Å²) in [6.07, 6.45) is 3.47. The molecule has 2 N–H and O–H groups in total. The van der Waals surface area contributed by atoms with E-state index in [0.29, 0.717) is 6.04 Å². The highest BCUT2D eigenvalue weighted by molar-refractivity contribution is 7.10. The van der Waals surface area contributed by atoms with Crippen LogP contribution in [0.25, 0.3) is 0 Å². The average molecular weight is 286 g/mol.